The van der Waals surface area contributed by atoms with Gasteiger partial charge in [0, 0.05) is 17.8 Å². The third kappa shape index (κ3) is 2.53. The van der Waals surface area contributed by atoms with Crippen LogP contribution in [0.15, 0.2) is 47.4 Å². The first-order valence-electron chi connectivity index (χ1n) is 5.80. The van der Waals surface area contributed by atoms with Crippen molar-refractivity contribution in [2.75, 3.05) is 5.33 Å². The SMILES string of the molecule is CC1C=CC=CC1n1ccc(C(=O)CBr)cc1=O. The van der Waals surface area contributed by atoms with Crippen molar-refractivity contribution in [2.24, 2.45) is 5.92 Å². The van der Waals surface area contributed by atoms with Crippen molar-refractivity contribution >= 4 is 21.7 Å². The van der Waals surface area contributed by atoms with Crippen LogP contribution in [0.25, 0.3) is 0 Å². The van der Waals surface area contributed by atoms with Crippen LogP contribution in [0.4, 0.5) is 0 Å². The number of alkyl halides is 1. The molecule has 0 amide bonds. The van der Waals surface area contributed by atoms with E-state index in [0.717, 1.165) is 0 Å². The summed E-state index contributed by atoms with van der Waals surface area (Å²) in [6.45, 7) is 2.06. The maximum absolute atomic E-state index is 12.0. The molecule has 0 radical (unpaired) electrons. The van der Waals surface area contributed by atoms with Crippen molar-refractivity contribution in [3.63, 3.8) is 0 Å². The Hall–Kier alpha value is -1.42. The molecular formula is C14H14BrNO2. The Kier molecular flexibility index (Phi) is 3.97. The summed E-state index contributed by atoms with van der Waals surface area (Å²) in [5, 5.41) is 0.235. The van der Waals surface area contributed by atoms with Crippen LogP contribution in [-0.4, -0.2) is 15.7 Å². The fourth-order valence-electron chi connectivity index (χ4n) is 2.04. The summed E-state index contributed by atoms with van der Waals surface area (Å²) in [5.41, 5.74) is 0.315. The van der Waals surface area contributed by atoms with Crippen LogP contribution < -0.4 is 5.56 Å². The molecule has 1 aromatic heterocycles. The van der Waals surface area contributed by atoms with E-state index in [1.807, 2.05) is 18.2 Å². The van der Waals surface area contributed by atoms with E-state index < -0.39 is 0 Å². The number of hydrogen-bond donors (Lipinski definition) is 0. The maximum Gasteiger partial charge on any atom is 0.251 e. The molecule has 0 aromatic carbocycles. The molecule has 0 aliphatic heterocycles. The van der Waals surface area contributed by atoms with Crippen molar-refractivity contribution in [3.8, 4) is 0 Å². The third-order valence-electron chi connectivity index (χ3n) is 3.09. The fourth-order valence-corrected chi connectivity index (χ4v) is 2.36. The predicted molar refractivity (Wildman–Crippen MR) is 75.3 cm³/mol. The number of carbonyl (C=O) groups is 1. The van der Waals surface area contributed by atoms with Crippen molar-refractivity contribution in [1.82, 2.24) is 4.57 Å². The summed E-state index contributed by atoms with van der Waals surface area (Å²) < 4.78 is 1.66. The summed E-state index contributed by atoms with van der Waals surface area (Å²) in [6.07, 6.45) is 9.68. The van der Waals surface area contributed by atoms with E-state index in [1.54, 1.807) is 16.8 Å². The predicted octanol–water partition coefficient (Wildman–Crippen LogP) is 2.73. The van der Waals surface area contributed by atoms with E-state index in [-0.39, 0.29) is 28.6 Å². The van der Waals surface area contributed by atoms with E-state index in [4.69, 9.17) is 0 Å². The molecular weight excluding hydrogens is 294 g/mol. The number of Topliss-reactive ketones (excluding diaryl/α,β-unsaturated/α-hetero) is 1. The normalized spacial score (nSPS) is 22.1. The summed E-state index contributed by atoms with van der Waals surface area (Å²) in [7, 11) is 0. The first-order valence-corrected chi connectivity index (χ1v) is 6.92. The number of halogens is 1. The Bertz CT molecular complexity index is 571. The fraction of sp³-hybridized carbons (Fsp3) is 0.286. The Morgan fingerprint density at radius 2 is 2.11 bits per heavy atom. The second kappa shape index (κ2) is 5.48. The molecule has 1 aromatic rings. The molecule has 1 heterocycles. The monoisotopic (exact) mass is 307 g/mol. The van der Waals surface area contributed by atoms with E-state index in [0.29, 0.717) is 5.56 Å². The standard InChI is InChI=1S/C14H14BrNO2/c1-10-4-2-3-5-12(10)16-7-6-11(8-14(16)18)13(17)9-15/h2-8,10,12H,9H2,1H3. The molecule has 4 heteroatoms. The first kappa shape index (κ1) is 13.0. The van der Waals surface area contributed by atoms with Gasteiger partial charge in [0.15, 0.2) is 5.78 Å². The van der Waals surface area contributed by atoms with Gasteiger partial charge in [-0.15, -0.1) is 0 Å². The van der Waals surface area contributed by atoms with E-state index >= 15 is 0 Å². The average molecular weight is 308 g/mol. The van der Waals surface area contributed by atoms with Crippen LogP contribution in [0, 0.1) is 5.92 Å². The minimum absolute atomic E-state index is 0.0237. The number of pyridine rings is 1. The van der Waals surface area contributed by atoms with Gasteiger partial charge in [0.25, 0.3) is 5.56 Å². The van der Waals surface area contributed by atoms with Crippen molar-refractivity contribution in [1.29, 1.82) is 0 Å². The van der Waals surface area contributed by atoms with Crippen LogP contribution in [0.3, 0.4) is 0 Å². The van der Waals surface area contributed by atoms with Crippen LogP contribution >= 0.6 is 15.9 Å². The van der Waals surface area contributed by atoms with E-state index in [2.05, 4.69) is 28.9 Å². The molecule has 94 valence electrons. The highest BCUT2D eigenvalue weighted by atomic mass is 79.9. The van der Waals surface area contributed by atoms with Gasteiger partial charge in [-0.1, -0.05) is 47.2 Å². The van der Waals surface area contributed by atoms with Crippen LogP contribution in [0.2, 0.25) is 0 Å². The molecule has 0 saturated heterocycles. The summed E-state index contributed by atoms with van der Waals surface area (Å²) in [4.78, 5) is 23.5. The second-order valence-corrected chi connectivity index (χ2v) is 4.90. The van der Waals surface area contributed by atoms with Crippen molar-refractivity contribution < 1.29 is 4.79 Å². The highest BCUT2D eigenvalue weighted by Gasteiger charge is 2.17. The second-order valence-electron chi connectivity index (χ2n) is 4.34. The summed E-state index contributed by atoms with van der Waals surface area (Å²) >= 11 is 3.10. The zero-order valence-electron chi connectivity index (χ0n) is 10.0. The minimum atomic E-state index is -0.140. The lowest BCUT2D eigenvalue weighted by atomic mass is 9.97. The Morgan fingerprint density at radius 1 is 1.39 bits per heavy atom. The van der Waals surface area contributed by atoms with E-state index in [9.17, 15) is 9.59 Å². The molecule has 3 nitrogen and oxygen atoms in total. The molecule has 0 bridgehead atoms. The van der Waals surface area contributed by atoms with Gasteiger partial charge in [-0.2, -0.15) is 0 Å². The Balaban J connectivity index is 2.36. The molecule has 1 aliphatic rings. The zero-order chi connectivity index (χ0) is 13.1. The molecule has 2 rings (SSSR count). The van der Waals surface area contributed by atoms with Crippen LogP contribution in [-0.2, 0) is 0 Å². The molecule has 2 unspecified atom stereocenters. The highest BCUT2D eigenvalue weighted by Crippen LogP contribution is 2.22. The summed E-state index contributed by atoms with van der Waals surface area (Å²) in [6, 6.07) is 3.13. The molecule has 0 N–H and O–H groups in total. The lowest BCUT2D eigenvalue weighted by Gasteiger charge is -2.22. The molecule has 2 atom stereocenters. The van der Waals surface area contributed by atoms with Gasteiger partial charge in [-0.05, 0) is 12.0 Å². The first-order chi connectivity index (χ1) is 8.63. The lowest BCUT2D eigenvalue weighted by Crippen LogP contribution is -2.27. The van der Waals surface area contributed by atoms with Gasteiger partial charge in [-0.25, -0.2) is 0 Å². The number of rotatable bonds is 3. The topological polar surface area (TPSA) is 39.1 Å². The van der Waals surface area contributed by atoms with Crippen LogP contribution in [0.5, 0.6) is 0 Å². The maximum atomic E-state index is 12.0. The average Bonchev–Trinajstić information content (AvgIpc) is 2.39. The minimum Gasteiger partial charge on any atom is -0.308 e. The molecule has 0 spiro atoms. The van der Waals surface area contributed by atoms with Crippen molar-refractivity contribution in [2.45, 2.75) is 13.0 Å². The number of nitrogens with zero attached hydrogens (tertiary/aromatic N) is 1. The number of hydrogen-bond acceptors (Lipinski definition) is 2. The molecule has 0 fully saturated rings. The van der Waals surface area contributed by atoms with Crippen molar-refractivity contribution in [3.05, 3.63) is 58.6 Å². The molecule has 1 aliphatic carbocycles. The Labute approximate surface area is 114 Å². The largest absolute Gasteiger partial charge is 0.308 e. The lowest BCUT2D eigenvalue weighted by molar-refractivity contribution is 0.102. The van der Waals surface area contributed by atoms with Gasteiger partial charge in [-0.3, -0.25) is 9.59 Å². The van der Waals surface area contributed by atoms with Crippen LogP contribution in [0.1, 0.15) is 23.3 Å². The third-order valence-corrected chi connectivity index (χ3v) is 3.59. The number of allylic oxidation sites excluding steroid dienone is 4. The number of aromatic nitrogens is 1. The van der Waals surface area contributed by atoms with Gasteiger partial charge < -0.3 is 4.57 Å². The van der Waals surface area contributed by atoms with Gasteiger partial charge in [0.1, 0.15) is 0 Å². The smallest absolute Gasteiger partial charge is 0.251 e. The highest BCUT2D eigenvalue weighted by molar-refractivity contribution is 9.09. The Morgan fingerprint density at radius 3 is 2.72 bits per heavy atom. The zero-order valence-corrected chi connectivity index (χ0v) is 11.6. The quantitative estimate of drug-likeness (QED) is 0.636. The van der Waals surface area contributed by atoms with E-state index in [1.165, 1.54) is 6.07 Å². The molecule has 0 saturated carbocycles. The van der Waals surface area contributed by atoms with Gasteiger partial charge >= 0.3 is 0 Å². The van der Waals surface area contributed by atoms with Gasteiger partial charge in [0.05, 0.1) is 11.4 Å². The summed E-state index contributed by atoms with van der Waals surface area (Å²) in [5.74, 6) is 0.191. The number of carbonyl (C=O) groups excluding carboxylic acids is 1. The van der Waals surface area contributed by atoms with Gasteiger partial charge in [0.2, 0.25) is 0 Å². The molecule has 18 heavy (non-hydrogen) atoms. The number of ketones is 1.